The van der Waals surface area contributed by atoms with E-state index in [1.54, 1.807) is 12.1 Å². The van der Waals surface area contributed by atoms with Crippen LogP contribution >= 0.6 is 34.8 Å². The van der Waals surface area contributed by atoms with Gasteiger partial charge in [0.15, 0.2) is 0 Å². The number of hydrogen-bond acceptors (Lipinski definition) is 1. The van der Waals surface area contributed by atoms with Gasteiger partial charge in [-0.3, -0.25) is 0 Å². The van der Waals surface area contributed by atoms with Gasteiger partial charge in [-0.1, -0.05) is 55.6 Å². The van der Waals surface area contributed by atoms with Gasteiger partial charge in [0.05, 0.1) is 15.6 Å². The number of hydrogen-bond donors (Lipinski definition) is 0. The monoisotopic (exact) mass is 287 g/mol. The molecule has 0 bridgehead atoms. The summed E-state index contributed by atoms with van der Waals surface area (Å²) in [7, 11) is 0. The van der Waals surface area contributed by atoms with E-state index in [9.17, 15) is 0 Å². The Balaban J connectivity index is 2.85. The molecule has 0 aliphatic rings. The van der Waals surface area contributed by atoms with Crippen molar-refractivity contribution in [1.29, 1.82) is 0 Å². The minimum absolute atomic E-state index is 0.0794. The van der Waals surface area contributed by atoms with Crippen molar-refractivity contribution in [1.82, 2.24) is 4.98 Å². The number of nitrogens with zero attached hydrogens (tertiary/aromatic N) is 1. The third-order valence-electron chi connectivity index (χ3n) is 2.64. The summed E-state index contributed by atoms with van der Waals surface area (Å²) in [6.07, 6.45) is 0. The van der Waals surface area contributed by atoms with E-state index in [2.05, 4.69) is 25.8 Å². The predicted molar refractivity (Wildman–Crippen MR) is 75.5 cm³/mol. The van der Waals surface area contributed by atoms with Gasteiger partial charge in [0, 0.05) is 5.39 Å². The molecule has 0 radical (unpaired) electrons. The molecular formula is C13H12Cl3N. The number of benzene rings is 1. The number of rotatable bonds is 0. The van der Waals surface area contributed by atoms with Crippen LogP contribution in [-0.4, -0.2) is 4.98 Å². The lowest BCUT2D eigenvalue weighted by Gasteiger charge is -2.20. The van der Waals surface area contributed by atoms with Gasteiger partial charge in [0.2, 0.25) is 0 Å². The number of pyridine rings is 1. The molecule has 0 fully saturated rings. The fourth-order valence-corrected chi connectivity index (χ4v) is 2.53. The molecule has 2 rings (SSSR count). The number of fused-ring (bicyclic) bond motifs is 1. The fraction of sp³-hybridized carbons (Fsp3) is 0.308. The van der Waals surface area contributed by atoms with Gasteiger partial charge in [-0.25, -0.2) is 4.98 Å². The third-order valence-corrected chi connectivity index (χ3v) is 3.57. The lowest BCUT2D eigenvalue weighted by molar-refractivity contribution is 0.589. The molecule has 90 valence electrons. The molecule has 1 nitrogen and oxygen atoms in total. The second-order valence-corrected chi connectivity index (χ2v) is 6.17. The SMILES string of the molecule is CC(C)(C)c1cc2c(Cl)ccc(Cl)c2nc1Cl. The van der Waals surface area contributed by atoms with Crippen molar-refractivity contribution in [2.24, 2.45) is 0 Å². The molecule has 0 N–H and O–H groups in total. The molecule has 1 aromatic heterocycles. The summed E-state index contributed by atoms with van der Waals surface area (Å²) in [4.78, 5) is 4.35. The Morgan fingerprint density at radius 3 is 2.18 bits per heavy atom. The summed E-state index contributed by atoms with van der Waals surface area (Å²) < 4.78 is 0. The van der Waals surface area contributed by atoms with Crippen molar-refractivity contribution in [2.45, 2.75) is 26.2 Å². The molecule has 17 heavy (non-hydrogen) atoms. The molecule has 0 atom stereocenters. The molecule has 1 aromatic carbocycles. The van der Waals surface area contributed by atoms with Crippen LogP contribution in [0.15, 0.2) is 18.2 Å². The van der Waals surface area contributed by atoms with Crippen LogP contribution < -0.4 is 0 Å². The average molecular weight is 289 g/mol. The Bertz CT molecular complexity index is 585. The molecule has 0 aliphatic carbocycles. The Hall–Kier alpha value is -0.500. The zero-order valence-electron chi connectivity index (χ0n) is 9.81. The largest absolute Gasteiger partial charge is 0.234 e. The average Bonchev–Trinajstić information content (AvgIpc) is 2.21. The highest BCUT2D eigenvalue weighted by atomic mass is 35.5. The van der Waals surface area contributed by atoms with E-state index in [1.165, 1.54) is 0 Å². The Labute approximate surface area is 116 Å². The van der Waals surface area contributed by atoms with Crippen molar-refractivity contribution >= 4 is 45.7 Å². The standard InChI is InChI=1S/C13H12Cl3N/c1-13(2,3)8-6-7-9(14)4-5-10(15)11(7)17-12(8)16/h4-6H,1-3H3. The second kappa shape index (κ2) is 4.31. The molecule has 0 spiro atoms. The van der Waals surface area contributed by atoms with Crippen LogP contribution in [0.3, 0.4) is 0 Å². The smallest absolute Gasteiger partial charge is 0.133 e. The summed E-state index contributed by atoms with van der Waals surface area (Å²) in [5.41, 5.74) is 1.54. The minimum atomic E-state index is -0.0794. The van der Waals surface area contributed by atoms with Gasteiger partial charge in [-0.2, -0.15) is 0 Å². The Morgan fingerprint density at radius 1 is 1.00 bits per heavy atom. The van der Waals surface area contributed by atoms with Crippen molar-refractivity contribution in [3.8, 4) is 0 Å². The van der Waals surface area contributed by atoms with Gasteiger partial charge < -0.3 is 0 Å². The molecule has 0 aliphatic heterocycles. The lowest BCUT2D eigenvalue weighted by atomic mass is 9.87. The van der Waals surface area contributed by atoms with Gasteiger partial charge in [0.1, 0.15) is 5.15 Å². The molecule has 0 amide bonds. The van der Waals surface area contributed by atoms with Gasteiger partial charge in [-0.15, -0.1) is 0 Å². The fourth-order valence-electron chi connectivity index (χ4n) is 1.70. The predicted octanol–water partition coefficient (Wildman–Crippen LogP) is 5.49. The van der Waals surface area contributed by atoms with E-state index in [1.807, 2.05) is 6.07 Å². The van der Waals surface area contributed by atoms with E-state index >= 15 is 0 Å². The number of halogens is 3. The van der Waals surface area contributed by atoms with Gasteiger partial charge >= 0.3 is 0 Å². The molecule has 2 aromatic rings. The molecular weight excluding hydrogens is 277 g/mol. The topological polar surface area (TPSA) is 12.9 Å². The second-order valence-electron chi connectivity index (χ2n) is 5.00. The molecule has 4 heteroatoms. The molecule has 0 unspecified atom stereocenters. The zero-order valence-corrected chi connectivity index (χ0v) is 12.1. The quantitative estimate of drug-likeness (QED) is 0.584. The third kappa shape index (κ3) is 2.37. The van der Waals surface area contributed by atoms with E-state index in [4.69, 9.17) is 34.8 Å². The van der Waals surface area contributed by atoms with Crippen LogP contribution in [-0.2, 0) is 5.41 Å². The first-order chi connectivity index (χ1) is 7.80. The first-order valence-corrected chi connectivity index (χ1v) is 6.39. The first-order valence-electron chi connectivity index (χ1n) is 5.25. The molecule has 1 heterocycles. The summed E-state index contributed by atoms with van der Waals surface area (Å²) in [5, 5.41) is 2.52. The van der Waals surface area contributed by atoms with Crippen LogP contribution in [0.5, 0.6) is 0 Å². The van der Waals surface area contributed by atoms with Crippen LogP contribution in [0.2, 0.25) is 15.2 Å². The van der Waals surface area contributed by atoms with Gasteiger partial charge in [0.25, 0.3) is 0 Å². The Morgan fingerprint density at radius 2 is 1.59 bits per heavy atom. The summed E-state index contributed by atoms with van der Waals surface area (Å²) in [6, 6.07) is 5.47. The highest BCUT2D eigenvalue weighted by Gasteiger charge is 2.20. The first kappa shape index (κ1) is 12.9. The highest BCUT2D eigenvalue weighted by Crippen LogP contribution is 2.35. The summed E-state index contributed by atoms with van der Waals surface area (Å²) >= 11 is 18.4. The molecule has 0 saturated carbocycles. The lowest BCUT2D eigenvalue weighted by Crippen LogP contribution is -2.12. The van der Waals surface area contributed by atoms with Crippen LogP contribution in [0.4, 0.5) is 0 Å². The van der Waals surface area contributed by atoms with E-state index < -0.39 is 0 Å². The maximum Gasteiger partial charge on any atom is 0.133 e. The molecule has 0 saturated heterocycles. The summed E-state index contributed by atoms with van der Waals surface area (Å²) in [6.45, 7) is 6.25. The normalized spacial score (nSPS) is 12.1. The van der Waals surface area contributed by atoms with Gasteiger partial charge in [-0.05, 0) is 29.2 Å². The van der Waals surface area contributed by atoms with E-state index in [0.717, 1.165) is 10.9 Å². The number of aromatic nitrogens is 1. The van der Waals surface area contributed by atoms with Crippen LogP contribution in [0.1, 0.15) is 26.3 Å². The highest BCUT2D eigenvalue weighted by molar-refractivity contribution is 6.40. The zero-order chi connectivity index (χ0) is 12.8. The maximum atomic E-state index is 6.20. The van der Waals surface area contributed by atoms with E-state index in [0.29, 0.717) is 20.7 Å². The Kier molecular flexibility index (Phi) is 3.28. The maximum absolute atomic E-state index is 6.20. The van der Waals surface area contributed by atoms with Crippen molar-refractivity contribution < 1.29 is 0 Å². The van der Waals surface area contributed by atoms with Crippen molar-refractivity contribution in [3.05, 3.63) is 39.0 Å². The van der Waals surface area contributed by atoms with Crippen molar-refractivity contribution in [2.75, 3.05) is 0 Å². The minimum Gasteiger partial charge on any atom is -0.234 e. The van der Waals surface area contributed by atoms with Crippen LogP contribution in [0, 0.1) is 0 Å². The summed E-state index contributed by atoms with van der Waals surface area (Å²) in [5.74, 6) is 0. The van der Waals surface area contributed by atoms with Crippen LogP contribution in [0.25, 0.3) is 10.9 Å². The van der Waals surface area contributed by atoms with Crippen molar-refractivity contribution in [3.63, 3.8) is 0 Å². The van der Waals surface area contributed by atoms with E-state index in [-0.39, 0.29) is 5.41 Å².